The zero-order valence-corrected chi connectivity index (χ0v) is 18.6. The molecule has 2 aliphatic carbocycles. The number of benzene rings is 2. The first-order valence-corrected chi connectivity index (χ1v) is 12.1. The number of unbranched alkanes of at least 4 members (excludes halogenated alkanes) is 3. The van der Waals surface area contributed by atoms with E-state index in [9.17, 15) is 8.78 Å². The number of hydrogen-bond donors (Lipinski definition) is 0. The lowest BCUT2D eigenvalue weighted by Gasteiger charge is -2.42. The summed E-state index contributed by atoms with van der Waals surface area (Å²) in [5.41, 5.74) is 1.24. The Kier molecular flexibility index (Phi) is 6.95. The van der Waals surface area contributed by atoms with Crippen molar-refractivity contribution in [1.82, 2.24) is 0 Å². The summed E-state index contributed by atoms with van der Waals surface area (Å²) in [6.07, 6.45) is 14.9. The molecule has 3 heteroatoms. The predicted molar refractivity (Wildman–Crippen MR) is 120 cm³/mol. The number of hydrogen-bond acceptors (Lipinski definition) is 1. The molecule has 2 aromatic rings. The molecule has 30 heavy (non-hydrogen) atoms. The zero-order chi connectivity index (χ0) is 21.1. The molecule has 0 aromatic heterocycles. The highest BCUT2D eigenvalue weighted by atomic mass is 19.1. The molecule has 0 spiro atoms. The van der Waals surface area contributed by atoms with Crippen LogP contribution in [0, 0.1) is 29.4 Å². The number of methoxy groups -OCH3 is 1. The summed E-state index contributed by atoms with van der Waals surface area (Å²) in [6.45, 7) is 2.28. The highest BCUT2D eigenvalue weighted by molar-refractivity contribution is 5.85. The van der Waals surface area contributed by atoms with Crippen LogP contribution in [0.1, 0.15) is 89.0 Å². The molecule has 2 fully saturated rings. The molecule has 4 atom stereocenters. The third kappa shape index (κ3) is 4.50. The Bertz CT molecular complexity index is 862. The monoisotopic (exact) mass is 414 g/mol. The van der Waals surface area contributed by atoms with E-state index in [0.717, 1.165) is 17.8 Å². The number of ether oxygens (including phenoxy) is 1. The van der Waals surface area contributed by atoms with E-state index in [4.69, 9.17) is 4.74 Å². The molecule has 0 amide bonds. The number of fused-ring (bicyclic) bond motifs is 2. The molecule has 2 saturated carbocycles. The van der Waals surface area contributed by atoms with Crippen LogP contribution in [0.2, 0.25) is 0 Å². The summed E-state index contributed by atoms with van der Waals surface area (Å²) in [6, 6.07) is 7.27. The summed E-state index contributed by atoms with van der Waals surface area (Å²) < 4.78 is 33.6. The molecule has 4 unspecified atom stereocenters. The third-order valence-electron chi connectivity index (χ3n) is 7.87. The van der Waals surface area contributed by atoms with Crippen LogP contribution < -0.4 is 4.74 Å². The Morgan fingerprint density at radius 2 is 1.73 bits per heavy atom. The van der Waals surface area contributed by atoms with Crippen LogP contribution in [0.4, 0.5) is 8.78 Å². The molecule has 0 heterocycles. The fourth-order valence-electron chi connectivity index (χ4n) is 6.18. The standard InChI is InChI=1S/C27H36F2O/c1-3-4-5-6-7-18-8-9-20-15-21(11-10-19(20)14-18)22-12-13-24-23(16-22)17-25(28)27(30-2)26(24)29/h12-13,16-21H,3-11,14-15H2,1-2H3. The maximum absolute atomic E-state index is 14.5. The van der Waals surface area contributed by atoms with Gasteiger partial charge in [-0.3, -0.25) is 0 Å². The van der Waals surface area contributed by atoms with Crippen LogP contribution in [-0.4, -0.2) is 7.11 Å². The van der Waals surface area contributed by atoms with E-state index in [1.165, 1.54) is 89.4 Å². The second kappa shape index (κ2) is 9.66. The highest BCUT2D eigenvalue weighted by Gasteiger charge is 2.35. The normalized spacial score (nSPS) is 26.5. The SMILES string of the molecule is CCCCCCC1CCC2CC(c3ccc4c(F)c(OC)c(F)cc4c3)CCC2C1. The summed E-state index contributed by atoms with van der Waals surface area (Å²) in [7, 11) is 1.31. The molecule has 2 aromatic carbocycles. The Morgan fingerprint density at radius 1 is 0.933 bits per heavy atom. The van der Waals surface area contributed by atoms with Crippen molar-refractivity contribution in [2.24, 2.45) is 17.8 Å². The topological polar surface area (TPSA) is 9.23 Å². The van der Waals surface area contributed by atoms with Gasteiger partial charge in [-0.1, -0.05) is 63.6 Å². The summed E-state index contributed by atoms with van der Waals surface area (Å²) in [4.78, 5) is 0. The van der Waals surface area contributed by atoms with Gasteiger partial charge in [0.2, 0.25) is 0 Å². The van der Waals surface area contributed by atoms with Crippen LogP contribution in [0.5, 0.6) is 5.75 Å². The van der Waals surface area contributed by atoms with Crippen molar-refractivity contribution >= 4 is 10.8 Å². The van der Waals surface area contributed by atoms with Gasteiger partial charge in [-0.2, -0.15) is 0 Å². The first-order valence-electron chi connectivity index (χ1n) is 12.1. The maximum Gasteiger partial charge on any atom is 0.191 e. The van der Waals surface area contributed by atoms with Crippen molar-refractivity contribution in [3.8, 4) is 5.75 Å². The van der Waals surface area contributed by atoms with Crippen LogP contribution in [0.3, 0.4) is 0 Å². The lowest BCUT2D eigenvalue weighted by molar-refractivity contribution is 0.113. The van der Waals surface area contributed by atoms with E-state index < -0.39 is 11.6 Å². The van der Waals surface area contributed by atoms with Crippen LogP contribution in [0.15, 0.2) is 24.3 Å². The van der Waals surface area contributed by atoms with E-state index in [1.807, 2.05) is 12.1 Å². The minimum Gasteiger partial charge on any atom is -0.491 e. The average Bonchev–Trinajstić information content (AvgIpc) is 2.76. The van der Waals surface area contributed by atoms with E-state index in [0.29, 0.717) is 16.7 Å². The Morgan fingerprint density at radius 3 is 2.53 bits per heavy atom. The van der Waals surface area contributed by atoms with Gasteiger partial charge in [0, 0.05) is 5.39 Å². The van der Waals surface area contributed by atoms with E-state index in [-0.39, 0.29) is 5.75 Å². The Labute approximate surface area is 180 Å². The maximum atomic E-state index is 14.5. The van der Waals surface area contributed by atoms with E-state index >= 15 is 0 Å². The van der Waals surface area contributed by atoms with Gasteiger partial charge in [-0.15, -0.1) is 0 Å². The van der Waals surface area contributed by atoms with Gasteiger partial charge in [0.1, 0.15) is 0 Å². The molecule has 4 rings (SSSR count). The van der Waals surface area contributed by atoms with E-state index in [2.05, 4.69) is 6.92 Å². The molecule has 0 N–H and O–H groups in total. The fourth-order valence-corrected chi connectivity index (χ4v) is 6.18. The Balaban J connectivity index is 1.41. The number of rotatable bonds is 7. The van der Waals surface area contributed by atoms with Gasteiger partial charge in [0.25, 0.3) is 0 Å². The molecule has 0 radical (unpaired) electrons. The molecule has 0 saturated heterocycles. The largest absolute Gasteiger partial charge is 0.491 e. The van der Waals surface area contributed by atoms with Gasteiger partial charge < -0.3 is 4.74 Å². The van der Waals surface area contributed by atoms with Gasteiger partial charge in [-0.25, -0.2) is 8.78 Å². The second-order valence-corrected chi connectivity index (χ2v) is 9.74. The zero-order valence-electron chi connectivity index (χ0n) is 18.6. The summed E-state index contributed by atoms with van der Waals surface area (Å²) >= 11 is 0. The summed E-state index contributed by atoms with van der Waals surface area (Å²) in [5.74, 6) is 1.68. The number of halogens is 2. The van der Waals surface area contributed by atoms with Crippen molar-refractivity contribution in [3.63, 3.8) is 0 Å². The minimum absolute atomic E-state index is 0.290. The molecular weight excluding hydrogens is 378 g/mol. The van der Waals surface area contributed by atoms with Gasteiger partial charge in [0.05, 0.1) is 7.11 Å². The first kappa shape index (κ1) is 21.6. The minimum atomic E-state index is -0.624. The van der Waals surface area contributed by atoms with Crippen molar-refractivity contribution in [2.45, 2.75) is 83.5 Å². The predicted octanol–water partition coefficient (Wildman–Crippen LogP) is 8.40. The Hall–Kier alpha value is -1.64. The van der Waals surface area contributed by atoms with Crippen molar-refractivity contribution in [1.29, 1.82) is 0 Å². The fraction of sp³-hybridized carbons (Fsp3) is 0.630. The van der Waals surface area contributed by atoms with Crippen LogP contribution >= 0.6 is 0 Å². The summed E-state index contributed by atoms with van der Waals surface area (Å²) in [5, 5.41) is 1.08. The molecular formula is C27H36F2O. The molecule has 1 nitrogen and oxygen atoms in total. The van der Waals surface area contributed by atoms with Crippen LogP contribution in [-0.2, 0) is 0 Å². The lowest BCUT2D eigenvalue weighted by atomic mass is 9.63. The van der Waals surface area contributed by atoms with E-state index in [1.54, 1.807) is 6.07 Å². The van der Waals surface area contributed by atoms with Gasteiger partial charge in [0.15, 0.2) is 17.4 Å². The smallest absolute Gasteiger partial charge is 0.191 e. The molecule has 2 aliphatic rings. The third-order valence-corrected chi connectivity index (χ3v) is 7.87. The average molecular weight is 415 g/mol. The lowest BCUT2D eigenvalue weighted by Crippen LogP contribution is -2.30. The van der Waals surface area contributed by atoms with Gasteiger partial charge >= 0.3 is 0 Å². The first-order chi connectivity index (χ1) is 14.6. The highest BCUT2D eigenvalue weighted by Crippen LogP contribution is 2.48. The quantitative estimate of drug-likeness (QED) is 0.413. The molecule has 164 valence electrons. The van der Waals surface area contributed by atoms with Crippen molar-refractivity contribution < 1.29 is 13.5 Å². The van der Waals surface area contributed by atoms with Crippen molar-refractivity contribution in [2.75, 3.05) is 7.11 Å². The molecule has 0 aliphatic heterocycles. The van der Waals surface area contributed by atoms with Crippen molar-refractivity contribution in [3.05, 3.63) is 41.5 Å². The second-order valence-electron chi connectivity index (χ2n) is 9.74. The van der Waals surface area contributed by atoms with Gasteiger partial charge in [-0.05, 0) is 72.8 Å². The van der Waals surface area contributed by atoms with Crippen LogP contribution in [0.25, 0.3) is 10.8 Å². The molecule has 0 bridgehead atoms.